The van der Waals surface area contributed by atoms with Gasteiger partial charge in [0.15, 0.2) is 0 Å². The average molecular weight is 416 g/mol. The second-order valence-electron chi connectivity index (χ2n) is 5.74. The van der Waals surface area contributed by atoms with Crippen LogP contribution in [0.25, 0.3) is 17.2 Å². The van der Waals surface area contributed by atoms with Crippen molar-refractivity contribution < 1.29 is 25.6 Å². The molecule has 0 atom stereocenters. The van der Waals surface area contributed by atoms with Crippen LogP contribution in [0.3, 0.4) is 0 Å². The molecule has 0 saturated heterocycles. The summed E-state index contributed by atoms with van der Waals surface area (Å²) in [5.41, 5.74) is 1.26. The van der Waals surface area contributed by atoms with E-state index in [0.717, 1.165) is 12.3 Å². The summed E-state index contributed by atoms with van der Waals surface area (Å²) in [6.45, 7) is 0. The molecule has 0 aliphatic rings. The summed E-state index contributed by atoms with van der Waals surface area (Å²) in [7, 11) is -9.36. The van der Waals surface area contributed by atoms with E-state index in [1.807, 2.05) is 6.07 Å². The van der Waals surface area contributed by atoms with Gasteiger partial charge in [-0.25, -0.2) is 0 Å². The molecule has 0 aromatic heterocycles. The molecule has 0 heterocycles. The van der Waals surface area contributed by atoms with Crippen LogP contribution in [0.15, 0.2) is 94.9 Å². The number of rotatable bonds is 6. The minimum Gasteiger partial charge on any atom is -0.387 e. The van der Waals surface area contributed by atoms with Crippen LogP contribution in [0.5, 0.6) is 0 Å². The molecular formula is C20H16O6S2. The fourth-order valence-electron chi connectivity index (χ4n) is 2.61. The van der Waals surface area contributed by atoms with Gasteiger partial charge in [-0.1, -0.05) is 72.8 Å². The van der Waals surface area contributed by atoms with Gasteiger partial charge in [0.2, 0.25) is 0 Å². The first-order chi connectivity index (χ1) is 13.3. The third kappa shape index (κ3) is 4.48. The second-order valence-corrected chi connectivity index (χ2v) is 8.64. The van der Waals surface area contributed by atoms with Gasteiger partial charge < -0.3 is 4.18 Å². The van der Waals surface area contributed by atoms with Gasteiger partial charge in [-0.05, 0) is 23.3 Å². The lowest BCUT2D eigenvalue weighted by atomic mass is 10.1. The van der Waals surface area contributed by atoms with E-state index in [9.17, 15) is 21.4 Å². The van der Waals surface area contributed by atoms with Crippen LogP contribution in [0.2, 0.25) is 0 Å². The molecule has 0 aliphatic heterocycles. The van der Waals surface area contributed by atoms with Crippen LogP contribution in [0.4, 0.5) is 0 Å². The van der Waals surface area contributed by atoms with Crippen LogP contribution in [0, 0.1) is 0 Å². The fraction of sp³-hybridized carbons (Fsp3) is 0. The molecule has 0 aliphatic carbocycles. The first kappa shape index (κ1) is 19.8. The molecule has 0 radical (unpaired) electrons. The number of hydrogen-bond acceptors (Lipinski definition) is 5. The van der Waals surface area contributed by atoms with Crippen molar-refractivity contribution in [2.75, 3.05) is 0 Å². The molecule has 0 amide bonds. The zero-order valence-electron chi connectivity index (χ0n) is 14.5. The van der Waals surface area contributed by atoms with Crippen molar-refractivity contribution in [1.29, 1.82) is 0 Å². The Morgan fingerprint density at radius 3 is 1.96 bits per heavy atom. The minimum atomic E-state index is -4.81. The summed E-state index contributed by atoms with van der Waals surface area (Å²) < 4.78 is 63.7. The van der Waals surface area contributed by atoms with Crippen LogP contribution in [-0.4, -0.2) is 21.4 Å². The van der Waals surface area contributed by atoms with E-state index in [-0.39, 0.29) is 5.56 Å². The normalized spacial score (nSPS) is 12.2. The molecule has 8 heteroatoms. The van der Waals surface area contributed by atoms with Gasteiger partial charge in [-0.2, -0.15) is 16.8 Å². The highest BCUT2D eigenvalue weighted by atomic mass is 32.2. The van der Waals surface area contributed by atoms with Crippen molar-refractivity contribution in [2.45, 2.75) is 9.79 Å². The molecule has 3 aromatic carbocycles. The van der Waals surface area contributed by atoms with E-state index in [4.69, 9.17) is 4.18 Å². The highest BCUT2D eigenvalue weighted by molar-refractivity contribution is 7.89. The maximum Gasteiger partial charge on any atom is 0.340 e. The van der Waals surface area contributed by atoms with E-state index in [0.29, 0.717) is 11.1 Å². The third-order valence-electron chi connectivity index (χ3n) is 3.83. The van der Waals surface area contributed by atoms with E-state index in [2.05, 4.69) is 0 Å². The van der Waals surface area contributed by atoms with Gasteiger partial charge in [-0.15, -0.1) is 0 Å². The molecule has 0 unspecified atom stereocenters. The van der Waals surface area contributed by atoms with E-state index in [1.54, 1.807) is 54.6 Å². The van der Waals surface area contributed by atoms with Gasteiger partial charge in [0.25, 0.3) is 10.1 Å². The Kier molecular flexibility index (Phi) is 5.64. The molecule has 0 spiro atoms. The van der Waals surface area contributed by atoms with Gasteiger partial charge in [0.05, 0.1) is 0 Å². The second kappa shape index (κ2) is 7.97. The third-order valence-corrected chi connectivity index (χ3v) is 6.16. The predicted molar refractivity (Wildman–Crippen MR) is 105 cm³/mol. The van der Waals surface area contributed by atoms with E-state index in [1.165, 1.54) is 18.2 Å². The molecule has 3 aromatic rings. The average Bonchev–Trinajstić information content (AvgIpc) is 2.68. The topological polar surface area (TPSA) is 97.7 Å². The van der Waals surface area contributed by atoms with Crippen LogP contribution in [-0.2, 0) is 24.4 Å². The van der Waals surface area contributed by atoms with Crippen LogP contribution < -0.4 is 0 Å². The summed E-state index contributed by atoms with van der Waals surface area (Å²) in [4.78, 5) is -1.37. The van der Waals surface area contributed by atoms with E-state index < -0.39 is 30.0 Å². The lowest BCUT2D eigenvalue weighted by Crippen LogP contribution is -2.11. The highest BCUT2D eigenvalue weighted by Gasteiger charge is 2.30. The molecule has 1 N–H and O–H groups in total. The molecule has 0 saturated carbocycles. The number of hydrogen-bond donors (Lipinski definition) is 1. The Morgan fingerprint density at radius 1 is 0.750 bits per heavy atom. The zero-order chi connectivity index (χ0) is 20.2. The Balaban J connectivity index is 2.11. The molecule has 6 nitrogen and oxygen atoms in total. The number of benzene rings is 3. The van der Waals surface area contributed by atoms with Crippen molar-refractivity contribution in [3.05, 3.63) is 90.7 Å². The summed E-state index contributed by atoms with van der Waals surface area (Å²) >= 11 is 0. The predicted octanol–water partition coefficient (Wildman–Crippen LogP) is 3.98. The lowest BCUT2D eigenvalue weighted by molar-refractivity contribution is 0.440. The van der Waals surface area contributed by atoms with Gasteiger partial charge in [-0.3, -0.25) is 4.55 Å². The Bertz CT molecular complexity index is 1200. The van der Waals surface area contributed by atoms with Crippen molar-refractivity contribution in [3.8, 4) is 11.1 Å². The smallest absolute Gasteiger partial charge is 0.340 e. The lowest BCUT2D eigenvalue weighted by Gasteiger charge is -2.13. The standard InChI is InChI=1S/C20H16O6S2/c21-27(22,23)19-13-7-12-18(17-10-5-2-6-11-17)20(19)28(24,25)26-15-14-16-8-3-1-4-9-16/h1-15H,(H,21,22,23). The maximum absolute atomic E-state index is 12.8. The monoisotopic (exact) mass is 416 g/mol. The van der Waals surface area contributed by atoms with Gasteiger partial charge in [0.1, 0.15) is 16.1 Å². The molecule has 144 valence electrons. The maximum atomic E-state index is 12.8. The van der Waals surface area contributed by atoms with Gasteiger partial charge >= 0.3 is 10.1 Å². The van der Waals surface area contributed by atoms with Crippen molar-refractivity contribution in [1.82, 2.24) is 0 Å². The van der Waals surface area contributed by atoms with Crippen LogP contribution in [0.1, 0.15) is 5.56 Å². The first-order valence-corrected chi connectivity index (χ1v) is 10.9. The summed E-state index contributed by atoms with van der Waals surface area (Å²) in [6, 6.07) is 21.0. The molecule has 3 rings (SSSR count). The Labute approximate surface area is 163 Å². The summed E-state index contributed by atoms with van der Waals surface area (Å²) in [6.07, 6.45) is 2.38. The van der Waals surface area contributed by atoms with Crippen molar-refractivity contribution in [2.24, 2.45) is 0 Å². The molecular weight excluding hydrogens is 400 g/mol. The quantitative estimate of drug-likeness (QED) is 0.371. The Hall–Kier alpha value is -2.94. The summed E-state index contributed by atoms with van der Waals surface area (Å²) in [5, 5.41) is 0. The first-order valence-electron chi connectivity index (χ1n) is 8.10. The minimum absolute atomic E-state index is 0.101. The largest absolute Gasteiger partial charge is 0.387 e. The molecule has 0 fully saturated rings. The van der Waals surface area contributed by atoms with Crippen molar-refractivity contribution in [3.63, 3.8) is 0 Å². The fourth-order valence-corrected chi connectivity index (χ4v) is 4.90. The van der Waals surface area contributed by atoms with Gasteiger partial charge in [0, 0.05) is 5.56 Å². The summed E-state index contributed by atoms with van der Waals surface area (Å²) in [5.74, 6) is 0. The SMILES string of the molecule is O=S(=O)(O)c1cccc(-c2ccccc2)c1S(=O)(=O)OC=Cc1ccccc1. The van der Waals surface area contributed by atoms with Crippen molar-refractivity contribution >= 4 is 26.3 Å². The van der Waals surface area contributed by atoms with Crippen LogP contribution >= 0.6 is 0 Å². The molecule has 28 heavy (non-hydrogen) atoms. The molecule has 0 bridgehead atoms. The van der Waals surface area contributed by atoms with E-state index >= 15 is 0 Å². The zero-order valence-corrected chi connectivity index (χ0v) is 16.1. The Morgan fingerprint density at radius 2 is 1.36 bits per heavy atom. The highest BCUT2D eigenvalue weighted by Crippen LogP contribution is 2.33.